The van der Waals surface area contributed by atoms with Gasteiger partial charge in [-0.2, -0.15) is 0 Å². The molecule has 0 saturated heterocycles. The van der Waals surface area contributed by atoms with Crippen LogP contribution in [-0.2, 0) is 4.74 Å². The minimum atomic E-state index is 0.108. The highest BCUT2D eigenvalue weighted by Crippen LogP contribution is 2.00. The summed E-state index contributed by atoms with van der Waals surface area (Å²) in [4.78, 5) is 4.13. The number of ether oxygens (including phenoxy) is 1. The molecular formula is C11H28N2O. The van der Waals surface area contributed by atoms with Crippen LogP contribution in [0, 0.1) is 0 Å². The van der Waals surface area contributed by atoms with Crippen molar-refractivity contribution in [3.63, 3.8) is 0 Å². The van der Waals surface area contributed by atoms with Gasteiger partial charge in [-0.25, -0.2) is 0 Å². The smallest absolute Gasteiger partial charge is 0.167 e. The van der Waals surface area contributed by atoms with Gasteiger partial charge in [-0.05, 0) is 34.6 Å². The lowest BCUT2D eigenvalue weighted by atomic mass is 10.4. The van der Waals surface area contributed by atoms with E-state index in [-0.39, 0.29) is 6.35 Å². The molecule has 0 aliphatic heterocycles. The van der Waals surface area contributed by atoms with Crippen molar-refractivity contribution in [1.29, 1.82) is 0 Å². The number of rotatable bonds is 6. The fraction of sp³-hybridized carbons (Fsp3) is 1.00. The summed E-state index contributed by atoms with van der Waals surface area (Å²) in [7, 11) is 8.10. The monoisotopic (exact) mass is 204 g/mol. The summed E-state index contributed by atoms with van der Waals surface area (Å²) in [6, 6.07) is 0. The first-order valence-electron chi connectivity index (χ1n) is 5.54. The topological polar surface area (TPSA) is 15.7 Å². The van der Waals surface area contributed by atoms with Crippen molar-refractivity contribution in [2.24, 2.45) is 0 Å². The first-order chi connectivity index (χ1) is 6.59. The van der Waals surface area contributed by atoms with Crippen LogP contribution in [0.4, 0.5) is 0 Å². The number of hydrogen-bond acceptors (Lipinski definition) is 3. The van der Waals surface area contributed by atoms with E-state index in [0.717, 1.165) is 13.0 Å². The quantitative estimate of drug-likeness (QED) is 0.487. The van der Waals surface area contributed by atoms with Gasteiger partial charge in [0.2, 0.25) is 0 Å². The molecule has 14 heavy (non-hydrogen) atoms. The molecule has 0 saturated carbocycles. The molecule has 3 heteroatoms. The van der Waals surface area contributed by atoms with Crippen molar-refractivity contribution in [1.82, 2.24) is 9.80 Å². The Labute approximate surface area is 90.0 Å². The Balaban J connectivity index is 0. The molecule has 0 bridgehead atoms. The molecule has 0 amide bonds. The number of nitrogens with zero attached hydrogens (tertiary/aromatic N) is 2. The van der Waals surface area contributed by atoms with Crippen molar-refractivity contribution in [2.75, 3.05) is 34.8 Å². The molecule has 0 fully saturated rings. The average molecular weight is 204 g/mol. The molecule has 88 valence electrons. The van der Waals surface area contributed by atoms with Crippen LogP contribution in [0.3, 0.4) is 0 Å². The summed E-state index contributed by atoms with van der Waals surface area (Å²) in [5.74, 6) is 0. The molecule has 0 rings (SSSR count). The number of unbranched alkanes of at least 4 members (excludes halogenated alkanes) is 1. The van der Waals surface area contributed by atoms with Crippen LogP contribution < -0.4 is 0 Å². The van der Waals surface area contributed by atoms with Crippen LogP contribution in [-0.4, -0.2) is 50.9 Å². The van der Waals surface area contributed by atoms with Crippen LogP contribution in [0.1, 0.15) is 33.6 Å². The van der Waals surface area contributed by atoms with E-state index >= 15 is 0 Å². The molecule has 0 aromatic rings. The highest BCUT2D eigenvalue weighted by atomic mass is 16.5. The zero-order valence-corrected chi connectivity index (χ0v) is 11.0. The third-order valence-corrected chi connectivity index (χ3v) is 1.65. The second-order valence-corrected chi connectivity index (χ2v) is 3.48. The van der Waals surface area contributed by atoms with Gasteiger partial charge in [0.1, 0.15) is 0 Å². The highest BCUT2D eigenvalue weighted by Gasteiger charge is 2.12. The summed E-state index contributed by atoms with van der Waals surface area (Å²) in [6.07, 6.45) is 2.43. The van der Waals surface area contributed by atoms with Crippen molar-refractivity contribution in [3.05, 3.63) is 0 Å². The molecule has 0 heterocycles. The first-order valence-corrected chi connectivity index (χ1v) is 5.54. The lowest BCUT2D eigenvalue weighted by molar-refractivity contribution is -0.118. The van der Waals surface area contributed by atoms with Crippen LogP contribution in [0.5, 0.6) is 0 Å². The normalized spacial score (nSPS) is 10.7. The molecule has 3 nitrogen and oxygen atoms in total. The Morgan fingerprint density at radius 1 is 1.00 bits per heavy atom. The number of hydrogen-bond donors (Lipinski definition) is 0. The molecular weight excluding hydrogens is 176 g/mol. The molecule has 0 unspecified atom stereocenters. The van der Waals surface area contributed by atoms with Gasteiger partial charge in [-0.1, -0.05) is 27.2 Å². The van der Waals surface area contributed by atoms with Crippen LogP contribution in [0.2, 0.25) is 0 Å². The molecule has 0 aromatic heterocycles. The predicted octanol–water partition coefficient (Wildman–Crippen LogP) is 2.24. The maximum atomic E-state index is 5.66. The van der Waals surface area contributed by atoms with E-state index in [4.69, 9.17) is 4.74 Å². The predicted molar refractivity (Wildman–Crippen MR) is 63.4 cm³/mol. The Hall–Kier alpha value is -0.120. The molecule has 0 spiro atoms. The highest BCUT2D eigenvalue weighted by molar-refractivity contribution is 4.49. The Morgan fingerprint density at radius 2 is 1.43 bits per heavy atom. The molecule has 0 aliphatic rings. The van der Waals surface area contributed by atoms with Crippen molar-refractivity contribution >= 4 is 0 Å². The largest absolute Gasteiger partial charge is 0.350 e. The van der Waals surface area contributed by atoms with E-state index in [2.05, 4.69) is 16.7 Å². The van der Waals surface area contributed by atoms with Gasteiger partial charge in [0.25, 0.3) is 0 Å². The molecule has 0 atom stereocenters. The van der Waals surface area contributed by atoms with E-state index in [0.29, 0.717) is 0 Å². The zero-order chi connectivity index (χ0) is 11.6. The van der Waals surface area contributed by atoms with Crippen molar-refractivity contribution < 1.29 is 4.74 Å². The summed E-state index contributed by atoms with van der Waals surface area (Å²) < 4.78 is 5.66. The van der Waals surface area contributed by atoms with E-state index < -0.39 is 0 Å². The standard InChI is InChI=1S/C9H22N2O.C2H6/c1-6-7-8-12-9(10(2)3)11(4)5;1-2/h9H,6-8H2,1-5H3;1-2H3. The first kappa shape index (κ1) is 16.3. The molecule has 0 aromatic carbocycles. The summed E-state index contributed by atoms with van der Waals surface area (Å²) in [5.41, 5.74) is 0. The zero-order valence-electron chi connectivity index (χ0n) is 11.0. The third kappa shape index (κ3) is 8.48. The van der Waals surface area contributed by atoms with E-state index in [9.17, 15) is 0 Å². The lowest BCUT2D eigenvalue weighted by Gasteiger charge is -2.30. The van der Waals surface area contributed by atoms with Gasteiger partial charge >= 0.3 is 0 Å². The van der Waals surface area contributed by atoms with Crippen molar-refractivity contribution in [3.8, 4) is 0 Å². The second kappa shape index (κ2) is 11.0. The average Bonchev–Trinajstić information content (AvgIpc) is 2.14. The van der Waals surface area contributed by atoms with Crippen LogP contribution in [0.15, 0.2) is 0 Å². The van der Waals surface area contributed by atoms with Gasteiger partial charge in [0.05, 0.1) is 6.61 Å². The molecule has 0 aliphatic carbocycles. The maximum absolute atomic E-state index is 5.66. The summed E-state index contributed by atoms with van der Waals surface area (Å²) in [6.45, 7) is 7.02. The minimum Gasteiger partial charge on any atom is -0.350 e. The van der Waals surface area contributed by atoms with Gasteiger partial charge < -0.3 is 4.74 Å². The SMILES string of the molecule is CC.CCCCOC(N(C)C)N(C)C. The fourth-order valence-electron chi connectivity index (χ4n) is 1.09. The Morgan fingerprint density at radius 3 is 1.71 bits per heavy atom. The Bertz CT molecular complexity index is 97.5. The maximum Gasteiger partial charge on any atom is 0.167 e. The van der Waals surface area contributed by atoms with Crippen LogP contribution >= 0.6 is 0 Å². The van der Waals surface area contributed by atoms with Gasteiger partial charge in [0, 0.05) is 0 Å². The second-order valence-electron chi connectivity index (χ2n) is 3.48. The summed E-state index contributed by atoms with van der Waals surface area (Å²) in [5, 5.41) is 0. The van der Waals surface area contributed by atoms with Gasteiger partial charge in [0.15, 0.2) is 6.35 Å². The minimum absolute atomic E-state index is 0.108. The van der Waals surface area contributed by atoms with Crippen molar-refractivity contribution in [2.45, 2.75) is 40.0 Å². The van der Waals surface area contributed by atoms with E-state index in [1.165, 1.54) is 6.42 Å². The lowest BCUT2D eigenvalue weighted by Crippen LogP contribution is -2.42. The summed E-state index contributed by atoms with van der Waals surface area (Å²) >= 11 is 0. The third-order valence-electron chi connectivity index (χ3n) is 1.65. The van der Waals surface area contributed by atoms with Crippen LogP contribution in [0.25, 0.3) is 0 Å². The van der Waals surface area contributed by atoms with Gasteiger partial charge in [-0.15, -0.1) is 0 Å². The molecule has 0 radical (unpaired) electrons. The van der Waals surface area contributed by atoms with E-state index in [1.807, 2.05) is 42.0 Å². The van der Waals surface area contributed by atoms with Gasteiger partial charge in [-0.3, -0.25) is 9.80 Å². The van der Waals surface area contributed by atoms with E-state index in [1.54, 1.807) is 0 Å². The fourth-order valence-corrected chi connectivity index (χ4v) is 1.09. The Kier molecular flexibility index (Phi) is 12.8. The molecule has 0 N–H and O–H groups in total.